The second-order valence-electron chi connectivity index (χ2n) is 8.14. The van der Waals surface area contributed by atoms with Crippen LogP contribution >= 0.6 is 11.8 Å². The number of thioether (sulfide) groups is 1. The van der Waals surface area contributed by atoms with E-state index in [1.807, 2.05) is 30.3 Å². The number of nitrogens with zero attached hydrogens (tertiary/aromatic N) is 5. The summed E-state index contributed by atoms with van der Waals surface area (Å²) >= 11 is 1.46. The first-order chi connectivity index (χ1) is 15.0. The van der Waals surface area contributed by atoms with Crippen molar-refractivity contribution >= 4 is 23.6 Å². The number of piperidine rings is 1. The molecule has 1 amide bonds. The molecule has 1 unspecified atom stereocenters. The van der Waals surface area contributed by atoms with Gasteiger partial charge in [0.05, 0.1) is 5.69 Å². The van der Waals surface area contributed by atoms with Crippen LogP contribution in [0.1, 0.15) is 35.6 Å². The molecule has 1 aliphatic rings. The zero-order valence-corrected chi connectivity index (χ0v) is 19.2. The van der Waals surface area contributed by atoms with Crippen molar-refractivity contribution in [1.29, 1.82) is 0 Å². The van der Waals surface area contributed by atoms with Crippen molar-refractivity contribution in [3.63, 3.8) is 0 Å². The van der Waals surface area contributed by atoms with Crippen molar-refractivity contribution in [2.45, 2.75) is 36.6 Å². The van der Waals surface area contributed by atoms with Gasteiger partial charge >= 0.3 is 0 Å². The second-order valence-corrected chi connectivity index (χ2v) is 9.21. The van der Waals surface area contributed by atoms with Gasteiger partial charge in [-0.1, -0.05) is 59.8 Å². The number of hydrogen-bond acceptors (Lipinski definition) is 5. The third-order valence-corrected chi connectivity index (χ3v) is 6.72. The summed E-state index contributed by atoms with van der Waals surface area (Å²) in [6, 6.07) is 18.3. The molecule has 3 aromatic rings. The zero-order chi connectivity index (χ0) is 21.8. The summed E-state index contributed by atoms with van der Waals surface area (Å²) in [5.41, 5.74) is 3.18. The van der Waals surface area contributed by atoms with Crippen molar-refractivity contribution in [3.05, 3.63) is 65.7 Å². The summed E-state index contributed by atoms with van der Waals surface area (Å²) in [6.45, 7) is 4.04. The van der Waals surface area contributed by atoms with E-state index in [9.17, 15) is 4.79 Å². The molecular formula is C24H29N5OS. The van der Waals surface area contributed by atoms with Gasteiger partial charge in [-0.15, -0.1) is 10.2 Å². The van der Waals surface area contributed by atoms with Gasteiger partial charge < -0.3 is 9.80 Å². The Kier molecular flexibility index (Phi) is 6.61. The molecule has 0 saturated carbocycles. The smallest absolute Gasteiger partial charge is 0.240 e. The molecule has 0 radical (unpaired) electrons. The molecule has 1 fully saturated rings. The maximum atomic E-state index is 13.1. The maximum absolute atomic E-state index is 13.1. The topological polar surface area (TPSA) is 54.3 Å². The van der Waals surface area contributed by atoms with Crippen molar-refractivity contribution < 1.29 is 4.79 Å². The number of benzene rings is 2. The molecule has 1 aliphatic heterocycles. The summed E-state index contributed by atoms with van der Waals surface area (Å²) in [5.74, 6) is 0.893. The summed E-state index contributed by atoms with van der Waals surface area (Å²) < 4.78 is 2.11. The van der Waals surface area contributed by atoms with Crippen molar-refractivity contribution in [2.75, 3.05) is 32.1 Å². The van der Waals surface area contributed by atoms with Crippen molar-refractivity contribution in [1.82, 2.24) is 19.7 Å². The minimum absolute atomic E-state index is 0.0363. The van der Waals surface area contributed by atoms with Gasteiger partial charge in [0.2, 0.25) is 11.9 Å². The van der Waals surface area contributed by atoms with Crippen molar-refractivity contribution in [3.8, 4) is 5.69 Å². The SMILES string of the molecule is Cc1ccc(-n2c(SC(C(=O)N(C)C)c3ccccc3)nnc2N2CCCCC2)cc1. The first kappa shape index (κ1) is 21.4. The van der Waals surface area contributed by atoms with E-state index in [0.717, 1.165) is 48.3 Å². The number of amides is 1. The Balaban J connectivity index is 1.76. The minimum Gasteiger partial charge on any atom is -0.348 e. The number of aryl methyl sites for hydroxylation is 1. The molecule has 162 valence electrons. The van der Waals surface area contributed by atoms with Crippen LogP contribution in [0.2, 0.25) is 0 Å². The molecule has 4 rings (SSSR count). The van der Waals surface area contributed by atoms with Gasteiger partial charge in [-0.25, -0.2) is 0 Å². The molecule has 6 nitrogen and oxygen atoms in total. The molecule has 0 N–H and O–H groups in total. The van der Waals surface area contributed by atoms with Crippen LogP contribution in [0.4, 0.5) is 5.95 Å². The molecule has 7 heteroatoms. The van der Waals surface area contributed by atoms with E-state index < -0.39 is 0 Å². The van der Waals surface area contributed by atoms with Gasteiger partial charge in [-0.3, -0.25) is 9.36 Å². The van der Waals surface area contributed by atoms with Gasteiger partial charge in [0, 0.05) is 27.2 Å². The van der Waals surface area contributed by atoms with E-state index in [2.05, 4.69) is 50.9 Å². The Labute approximate surface area is 188 Å². The molecule has 0 bridgehead atoms. The van der Waals surface area contributed by atoms with E-state index in [0.29, 0.717) is 0 Å². The quantitative estimate of drug-likeness (QED) is 0.534. The predicted molar refractivity (Wildman–Crippen MR) is 126 cm³/mol. The number of carbonyl (C=O) groups is 1. The van der Waals surface area contributed by atoms with E-state index in [1.54, 1.807) is 19.0 Å². The summed E-state index contributed by atoms with van der Waals surface area (Å²) in [5, 5.41) is 9.48. The van der Waals surface area contributed by atoms with Gasteiger partial charge in [0.25, 0.3) is 0 Å². The average Bonchev–Trinajstić information content (AvgIpc) is 3.22. The number of aromatic nitrogens is 3. The van der Waals surface area contributed by atoms with Crippen LogP contribution in [-0.2, 0) is 4.79 Å². The molecule has 0 spiro atoms. The fourth-order valence-corrected chi connectivity index (χ4v) is 4.98. The number of carbonyl (C=O) groups excluding carboxylic acids is 1. The lowest BCUT2D eigenvalue weighted by atomic mass is 10.1. The Morgan fingerprint density at radius 3 is 2.29 bits per heavy atom. The number of hydrogen-bond donors (Lipinski definition) is 0. The van der Waals surface area contributed by atoms with Crippen LogP contribution in [-0.4, -0.2) is 52.8 Å². The lowest BCUT2D eigenvalue weighted by Gasteiger charge is -2.28. The molecule has 1 aromatic heterocycles. The monoisotopic (exact) mass is 435 g/mol. The van der Waals surface area contributed by atoms with Gasteiger partial charge in [-0.05, 0) is 43.9 Å². The zero-order valence-electron chi connectivity index (χ0n) is 18.4. The lowest BCUT2D eigenvalue weighted by Crippen LogP contribution is -2.31. The Morgan fingerprint density at radius 2 is 1.65 bits per heavy atom. The number of anilines is 1. The van der Waals surface area contributed by atoms with Gasteiger partial charge in [0.15, 0.2) is 5.16 Å². The summed E-state index contributed by atoms with van der Waals surface area (Å²) in [7, 11) is 3.59. The van der Waals surface area contributed by atoms with Crippen LogP contribution in [0, 0.1) is 6.92 Å². The van der Waals surface area contributed by atoms with Crippen LogP contribution in [0.15, 0.2) is 59.8 Å². The Morgan fingerprint density at radius 1 is 0.968 bits per heavy atom. The Hall–Kier alpha value is -2.80. The molecule has 0 aliphatic carbocycles. The first-order valence-electron chi connectivity index (χ1n) is 10.7. The highest BCUT2D eigenvalue weighted by molar-refractivity contribution is 8.00. The molecule has 1 saturated heterocycles. The molecule has 31 heavy (non-hydrogen) atoms. The standard InChI is InChI=1S/C24H29N5OS/c1-18-12-14-20(15-13-18)29-23(28-16-8-5-9-17-28)25-26-24(29)31-21(22(30)27(2)3)19-10-6-4-7-11-19/h4,6-7,10-15,21H,5,8-9,16-17H2,1-3H3. The highest BCUT2D eigenvalue weighted by atomic mass is 32.2. The largest absolute Gasteiger partial charge is 0.348 e. The highest BCUT2D eigenvalue weighted by Crippen LogP contribution is 2.38. The van der Waals surface area contributed by atoms with Gasteiger partial charge in [0.1, 0.15) is 5.25 Å². The van der Waals surface area contributed by atoms with E-state index in [1.165, 1.54) is 23.7 Å². The third kappa shape index (κ3) is 4.77. The summed E-state index contributed by atoms with van der Waals surface area (Å²) in [6.07, 6.45) is 3.58. The average molecular weight is 436 g/mol. The van der Waals surface area contributed by atoms with Crippen LogP contribution < -0.4 is 4.90 Å². The van der Waals surface area contributed by atoms with E-state index in [4.69, 9.17) is 0 Å². The van der Waals surface area contributed by atoms with Crippen molar-refractivity contribution in [2.24, 2.45) is 0 Å². The maximum Gasteiger partial charge on any atom is 0.240 e. The van der Waals surface area contributed by atoms with Crippen LogP contribution in [0.3, 0.4) is 0 Å². The molecule has 2 aromatic carbocycles. The molecular weight excluding hydrogens is 406 g/mol. The minimum atomic E-state index is -0.390. The van der Waals surface area contributed by atoms with E-state index in [-0.39, 0.29) is 11.2 Å². The lowest BCUT2D eigenvalue weighted by molar-refractivity contribution is -0.128. The first-order valence-corrected chi connectivity index (χ1v) is 11.6. The Bertz CT molecular complexity index is 1010. The molecule has 1 atom stereocenters. The fourth-order valence-electron chi connectivity index (χ4n) is 3.79. The highest BCUT2D eigenvalue weighted by Gasteiger charge is 2.28. The number of rotatable bonds is 6. The third-order valence-electron chi connectivity index (χ3n) is 5.54. The molecule has 2 heterocycles. The fraction of sp³-hybridized carbons (Fsp3) is 0.375. The summed E-state index contributed by atoms with van der Waals surface area (Å²) in [4.78, 5) is 17.0. The predicted octanol–water partition coefficient (Wildman–Crippen LogP) is 4.49. The van der Waals surface area contributed by atoms with Gasteiger partial charge in [-0.2, -0.15) is 0 Å². The van der Waals surface area contributed by atoms with Crippen LogP contribution in [0.25, 0.3) is 5.69 Å². The number of likely N-dealkylation sites (N-methyl/N-ethyl adjacent to an activating group) is 1. The van der Waals surface area contributed by atoms with Crippen LogP contribution in [0.5, 0.6) is 0 Å². The second kappa shape index (κ2) is 9.56. The van der Waals surface area contributed by atoms with E-state index >= 15 is 0 Å². The normalized spacial score (nSPS) is 15.0.